The van der Waals surface area contributed by atoms with Crippen LogP contribution in [0, 0.1) is 11.7 Å². The normalized spacial score (nSPS) is 24.6. The molecule has 1 heterocycles. The molecule has 1 aliphatic heterocycles. The summed E-state index contributed by atoms with van der Waals surface area (Å²) >= 11 is 0. The summed E-state index contributed by atoms with van der Waals surface area (Å²) < 4.78 is 41.4. The molecule has 2 aliphatic rings. The lowest BCUT2D eigenvalue weighted by atomic mass is 9.86. The number of sulfonamides is 1. The number of nitrogens with zero attached hydrogens (tertiary/aromatic N) is 2. The monoisotopic (exact) mass is 396 g/mol. The van der Waals surface area contributed by atoms with Crippen molar-refractivity contribution in [2.45, 2.75) is 62.8 Å². The summed E-state index contributed by atoms with van der Waals surface area (Å²) in [6.45, 7) is 3.02. The maximum atomic E-state index is 14.4. The molecule has 150 valence electrons. The van der Waals surface area contributed by atoms with Crippen LogP contribution in [0.5, 0.6) is 0 Å². The maximum Gasteiger partial charge on any atom is 0.253 e. The molecule has 0 aromatic heterocycles. The lowest BCUT2D eigenvalue weighted by Gasteiger charge is -2.33. The molecule has 1 aromatic rings. The van der Waals surface area contributed by atoms with E-state index in [-0.39, 0.29) is 22.4 Å². The van der Waals surface area contributed by atoms with Crippen molar-refractivity contribution in [1.29, 1.82) is 0 Å². The molecule has 7 heteroatoms. The van der Waals surface area contributed by atoms with Crippen LogP contribution in [-0.2, 0) is 10.0 Å². The predicted octanol–water partition coefficient (Wildman–Crippen LogP) is 3.65. The summed E-state index contributed by atoms with van der Waals surface area (Å²) in [5, 5.41) is 0. The molecule has 3 rings (SSSR count). The number of carbonyl (C=O) groups is 1. The van der Waals surface area contributed by atoms with E-state index in [0.717, 1.165) is 51.0 Å². The second-order valence-corrected chi connectivity index (χ2v) is 9.85. The molecular formula is C20H29FN2O3S. The highest BCUT2D eigenvalue weighted by atomic mass is 32.2. The Morgan fingerprint density at radius 1 is 1.11 bits per heavy atom. The number of hydrogen-bond acceptors (Lipinski definition) is 3. The first-order chi connectivity index (χ1) is 12.8. The first-order valence-corrected chi connectivity index (χ1v) is 11.3. The second kappa shape index (κ2) is 8.27. The molecule has 0 radical (unpaired) electrons. The summed E-state index contributed by atoms with van der Waals surface area (Å²) in [5.74, 6) is -0.368. The Kier molecular flexibility index (Phi) is 6.21. The number of carbonyl (C=O) groups excluding carboxylic acids is 1. The van der Waals surface area contributed by atoms with E-state index in [9.17, 15) is 17.6 Å². The fraction of sp³-hybridized carbons (Fsp3) is 0.650. The summed E-state index contributed by atoms with van der Waals surface area (Å²) in [5.41, 5.74) is 0.230. The molecule has 1 saturated heterocycles. The van der Waals surface area contributed by atoms with Gasteiger partial charge in [-0.1, -0.05) is 13.3 Å². The molecule has 0 unspecified atom stereocenters. The van der Waals surface area contributed by atoms with E-state index in [1.165, 1.54) is 16.4 Å². The zero-order chi connectivity index (χ0) is 19.6. The Morgan fingerprint density at radius 2 is 1.74 bits per heavy atom. The Hall–Kier alpha value is -1.47. The van der Waals surface area contributed by atoms with E-state index >= 15 is 0 Å². The van der Waals surface area contributed by atoms with Gasteiger partial charge in [-0.3, -0.25) is 4.79 Å². The Balaban J connectivity index is 1.83. The molecule has 27 heavy (non-hydrogen) atoms. The number of hydrogen-bond donors (Lipinski definition) is 0. The van der Waals surface area contributed by atoms with Crippen LogP contribution < -0.4 is 0 Å². The molecule has 2 fully saturated rings. The molecule has 5 nitrogen and oxygen atoms in total. The summed E-state index contributed by atoms with van der Waals surface area (Å²) in [6.07, 6.45) is 6.61. The molecule has 1 aliphatic carbocycles. The van der Waals surface area contributed by atoms with Crippen molar-refractivity contribution in [1.82, 2.24) is 9.21 Å². The number of rotatable bonds is 4. The quantitative estimate of drug-likeness (QED) is 0.781. The van der Waals surface area contributed by atoms with Gasteiger partial charge < -0.3 is 4.90 Å². The minimum atomic E-state index is -3.92. The standard InChI is InChI=1S/C20H29FN2O3S/c1-15-6-9-17(10-7-15)22(2)20(24)16-8-11-18(21)19(14-16)27(25,26)23-12-4-3-5-13-23/h8,11,14-15,17H,3-7,9-10,12-13H2,1-2H3. The van der Waals surface area contributed by atoms with Gasteiger partial charge in [0.1, 0.15) is 10.7 Å². The van der Waals surface area contributed by atoms with E-state index in [4.69, 9.17) is 0 Å². The van der Waals surface area contributed by atoms with Crippen LogP contribution in [0.15, 0.2) is 23.1 Å². The minimum Gasteiger partial charge on any atom is -0.339 e. The number of piperidine rings is 1. The van der Waals surface area contributed by atoms with Crippen LogP contribution >= 0.6 is 0 Å². The maximum absolute atomic E-state index is 14.4. The van der Waals surface area contributed by atoms with Crippen molar-refractivity contribution in [3.8, 4) is 0 Å². The third-order valence-electron chi connectivity index (χ3n) is 5.96. The average Bonchev–Trinajstić information content (AvgIpc) is 2.68. The van der Waals surface area contributed by atoms with Crippen LogP contribution in [0.3, 0.4) is 0 Å². The smallest absolute Gasteiger partial charge is 0.253 e. The van der Waals surface area contributed by atoms with Gasteiger partial charge in [-0.2, -0.15) is 4.31 Å². The number of amides is 1. The van der Waals surface area contributed by atoms with Crippen molar-refractivity contribution < 1.29 is 17.6 Å². The number of benzene rings is 1. The molecule has 1 saturated carbocycles. The van der Waals surface area contributed by atoms with E-state index in [1.807, 2.05) is 0 Å². The van der Waals surface area contributed by atoms with Crippen molar-refractivity contribution >= 4 is 15.9 Å². The van der Waals surface area contributed by atoms with Gasteiger partial charge in [-0.15, -0.1) is 0 Å². The third-order valence-corrected chi connectivity index (χ3v) is 7.88. The van der Waals surface area contributed by atoms with Crippen molar-refractivity contribution in [2.75, 3.05) is 20.1 Å². The van der Waals surface area contributed by atoms with Gasteiger partial charge >= 0.3 is 0 Å². The lowest BCUT2D eigenvalue weighted by Crippen LogP contribution is -2.39. The molecule has 0 bridgehead atoms. The number of halogens is 1. The van der Waals surface area contributed by atoms with Gasteiger partial charge in [-0.25, -0.2) is 12.8 Å². The van der Waals surface area contributed by atoms with Gasteiger partial charge in [0.05, 0.1) is 0 Å². The van der Waals surface area contributed by atoms with Crippen LogP contribution in [0.4, 0.5) is 4.39 Å². The largest absolute Gasteiger partial charge is 0.339 e. The highest BCUT2D eigenvalue weighted by Gasteiger charge is 2.31. The zero-order valence-electron chi connectivity index (χ0n) is 16.2. The van der Waals surface area contributed by atoms with Gasteiger partial charge in [-0.05, 0) is 62.6 Å². The highest BCUT2D eigenvalue weighted by molar-refractivity contribution is 7.89. The first-order valence-electron chi connectivity index (χ1n) is 9.87. The van der Waals surface area contributed by atoms with E-state index in [0.29, 0.717) is 19.0 Å². The minimum absolute atomic E-state index is 0.154. The van der Waals surface area contributed by atoms with Gasteiger partial charge in [0.25, 0.3) is 5.91 Å². The topological polar surface area (TPSA) is 57.7 Å². The van der Waals surface area contributed by atoms with Gasteiger partial charge in [0, 0.05) is 31.7 Å². The molecular weight excluding hydrogens is 367 g/mol. The van der Waals surface area contributed by atoms with Crippen molar-refractivity contribution in [2.24, 2.45) is 5.92 Å². The molecule has 0 atom stereocenters. The fourth-order valence-electron chi connectivity index (χ4n) is 4.08. The molecule has 0 spiro atoms. The average molecular weight is 397 g/mol. The summed E-state index contributed by atoms with van der Waals surface area (Å²) in [7, 11) is -2.16. The van der Waals surface area contributed by atoms with Crippen LogP contribution in [-0.4, -0.2) is 49.7 Å². The SMILES string of the molecule is CC1CCC(N(C)C(=O)c2ccc(F)c(S(=O)(=O)N3CCCCC3)c2)CC1. The Morgan fingerprint density at radius 3 is 2.37 bits per heavy atom. The van der Waals surface area contributed by atoms with Crippen molar-refractivity contribution in [3.05, 3.63) is 29.6 Å². The van der Waals surface area contributed by atoms with E-state index < -0.39 is 15.8 Å². The van der Waals surface area contributed by atoms with Gasteiger partial charge in [0.15, 0.2) is 0 Å². The zero-order valence-corrected chi connectivity index (χ0v) is 17.0. The molecule has 0 N–H and O–H groups in total. The summed E-state index contributed by atoms with van der Waals surface area (Å²) in [6, 6.07) is 3.85. The van der Waals surface area contributed by atoms with E-state index in [2.05, 4.69) is 6.92 Å². The lowest BCUT2D eigenvalue weighted by molar-refractivity contribution is 0.0679. The van der Waals surface area contributed by atoms with Crippen molar-refractivity contribution in [3.63, 3.8) is 0 Å². The van der Waals surface area contributed by atoms with Crippen LogP contribution in [0.2, 0.25) is 0 Å². The Bertz CT molecular complexity index is 782. The highest BCUT2D eigenvalue weighted by Crippen LogP contribution is 2.28. The fourth-order valence-corrected chi connectivity index (χ4v) is 5.69. The van der Waals surface area contributed by atoms with Crippen LogP contribution in [0.1, 0.15) is 62.2 Å². The summed E-state index contributed by atoms with van der Waals surface area (Å²) in [4.78, 5) is 14.2. The van der Waals surface area contributed by atoms with E-state index in [1.54, 1.807) is 11.9 Å². The third kappa shape index (κ3) is 4.35. The molecule has 1 aromatic carbocycles. The predicted molar refractivity (Wildman–Crippen MR) is 103 cm³/mol. The molecule has 1 amide bonds. The van der Waals surface area contributed by atoms with Gasteiger partial charge in [0.2, 0.25) is 10.0 Å². The van der Waals surface area contributed by atoms with Crippen LogP contribution in [0.25, 0.3) is 0 Å². The Labute approximate surface area is 161 Å². The first kappa shape index (κ1) is 20.3. The second-order valence-electron chi connectivity index (χ2n) is 7.94.